The topological polar surface area (TPSA) is 55.9 Å². The van der Waals surface area contributed by atoms with Gasteiger partial charge in [0.15, 0.2) is 5.92 Å². The molecule has 0 aliphatic rings. The van der Waals surface area contributed by atoms with Gasteiger partial charge in [0, 0.05) is 6.54 Å². The third-order valence-corrected chi connectivity index (χ3v) is 3.39. The lowest BCUT2D eigenvalue weighted by atomic mass is 9.96. The van der Waals surface area contributed by atoms with Gasteiger partial charge in [-0.25, -0.2) is 0 Å². The third kappa shape index (κ3) is 4.10. The molecule has 0 spiro atoms. The summed E-state index contributed by atoms with van der Waals surface area (Å²) in [5, 5.41) is 3.76. The van der Waals surface area contributed by atoms with Crippen molar-refractivity contribution >= 4 is 15.9 Å². The van der Waals surface area contributed by atoms with Crippen LogP contribution in [0.5, 0.6) is 0 Å². The normalized spacial score (nSPS) is 14.8. The van der Waals surface area contributed by atoms with E-state index in [1.54, 1.807) is 12.3 Å². The van der Waals surface area contributed by atoms with E-state index in [0.717, 1.165) is 10.9 Å². The van der Waals surface area contributed by atoms with Crippen molar-refractivity contribution in [2.75, 3.05) is 0 Å². The summed E-state index contributed by atoms with van der Waals surface area (Å²) < 4.78 is 78.1. The van der Waals surface area contributed by atoms with Gasteiger partial charge in [0.2, 0.25) is 0 Å². The van der Waals surface area contributed by atoms with Crippen molar-refractivity contribution in [1.29, 1.82) is 0 Å². The van der Waals surface area contributed by atoms with Gasteiger partial charge in [-0.05, 0) is 22.4 Å². The van der Waals surface area contributed by atoms with E-state index in [2.05, 4.69) is 21.0 Å². The predicted molar refractivity (Wildman–Crippen MR) is 65.9 cm³/mol. The first-order valence-corrected chi connectivity index (χ1v) is 6.64. The Kier molecular flexibility index (Phi) is 5.67. The smallest absolute Gasteiger partial charge is 0.271 e. The Bertz CT molecular complexity index is 455. The Morgan fingerprint density at radius 2 is 1.81 bits per heavy atom. The van der Waals surface area contributed by atoms with Gasteiger partial charge in [0.25, 0.3) is 0 Å². The number of alkyl halides is 6. The highest BCUT2D eigenvalue weighted by atomic mass is 79.9. The van der Waals surface area contributed by atoms with Crippen molar-refractivity contribution < 1.29 is 26.3 Å². The number of nitrogens with one attached hydrogen (secondary N) is 1. The van der Waals surface area contributed by atoms with E-state index in [0.29, 0.717) is 6.42 Å². The van der Waals surface area contributed by atoms with E-state index < -0.39 is 24.3 Å². The number of nitrogens with zero attached hydrogens (tertiary/aromatic N) is 2. The summed E-state index contributed by atoms with van der Waals surface area (Å²) in [5.74, 6) is 1.34. The van der Waals surface area contributed by atoms with Gasteiger partial charge in [-0.2, -0.15) is 31.4 Å². The monoisotopic (exact) mass is 382 g/mol. The summed E-state index contributed by atoms with van der Waals surface area (Å²) >= 11 is 2.92. The van der Waals surface area contributed by atoms with E-state index in [1.807, 2.05) is 0 Å². The molecule has 0 aliphatic heterocycles. The van der Waals surface area contributed by atoms with Crippen LogP contribution < -0.4 is 11.3 Å². The van der Waals surface area contributed by atoms with Gasteiger partial charge < -0.3 is 0 Å². The van der Waals surface area contributed by atoms with Crippen LogP contribution in [-0.2, 0) is 6.54 Å². The molecule has 1 aromatic heterocycles. The van der Waals surface area contributed by atoms with Crippen LogP contribution in [0.1, 0.15) is 25.1 Å². The van der Waals surface area contributed by atoms with Crippen LogP contribution in [0.4, 0.5) is 26.3 Å². The van der Waals surface area contributed by atoms with Gasteiger partial charge in [0.05, 0.1) is 22.4 Å². The van der Waals surface area contributed by atoms with E-state index in [4.69, 9.17) is 5.84 Å². The Balaban J connectivity index is 3.37. The number of halogens is 7. The average molecular weight is 383 g/mol. The van der Waals surface area contributed by atoms with E-state index >= 15 is 0 Å². The fourth-order valence-corrected chi connectivity index (χ4v) is 2.51. The minimum absolute atomic E-state index is 0.0254. The molecule has 21 heavy (non-hydrogen) atoms. The second kappa shape index (κ2) is 6.53. The molecule has 0 aromatic carbocycles. The van der Waals surface area contributed by atoms with Crippen LogP contribution in [0, 0.1) is 5.92 Å². The van der Waals surface area contributed by atoms with Crippen LogP contribution in [0.25, 0.3) is 0 Å². The van der Waals surface area contributed by atoms with Gasteiger partial charge in [-0.1, -0.05) is 6.92 Å². The summed E-state index contributed by atoms with van der Waals surface area (Å²) in [6.45, 7) is 1.89. The molecule has 122 valence electrons. The van der Waals surface area contributed by atoms with E-state index in [9.17, 15) is 26.3 Å². The molecule has 1 aromatic rings. The molecule has 0 aliphatic carbocycles. The number of hydrogen-bond donors (Lipinski definition) is 2. The Hall–Kier alpha value is -0.810. The Morgan fingerprint density at radius 1 is 1.29 bits per heavy atom. The number of aryl methyl sites for hydroxylation is 1. The number of rotatable bonds is 5. The van der Waals surface area contributed by atoms with Crippen molar-refractivity contribution in [2.24, 2.45) is 11.8 Å². The maximum absolute atomic E-state index is 12.8. The molecule has 0 saturated carbocycles. The second-order valence-electron chi connectivity index (χ2n) is 4.31. The molecular weight excluding hydrogens is 370 g/mol. The van der Waals surface area contributed by atoms with Crippen LogP contribution in [0.3, 0.4) is 0 Å². The van der Waals surface area contributed by atoms with Gasteiger partial charge in [-0.3, -0.25) is 16.0 Å². The molecular formula is C10H13BrF6N4. The first-order valence-electron chi connectivity index (χ1n) is 5.84. The number of hydrogen-bond acceptors (Lipinski definition) is 3. The molecule has 1 rings (SSSR count). The molecule has 4 nitrogen and oxygen atoms in total. The first-order chi connectivity index (χ1) is 9.54. The number of aromatic nitrogens is 2. The van der Waals surface area contributed by atoms with E-state index in [1.165, 1.54) is 0 Å². The van der Waals surface area contributed by atoms with Crippen LogP contribution in [0.15, 0.2) is 10.7 Å². The molecule has 11 heteroatoms. The molecule has 0 radical (unpaired) electrons. The van der Waals surface area contributed by atoms with E-state index in [-0.39, 0.29) is 16.7 Å². The summed E-state index contributed by atoms with van der Waals surface area (Å²) in [6, 6.07) is -2.20. The highest BCUT2D eigenvalue weighted by Crippen LogP contribution is 2.47. The predicted octanol–water partition coefficient (Wildman–Crippen LogP) is 3.30. The molecule has 3 N–H and O–H groups in total. The van der Waals surface area contributed by atoms with Crippen molar-refractivity contribution in [2.45, 2.75) is 38.3 Å². The molecule has 0 fully saturated rings. The van der Waals surface area contributed by atoms with Crippen LogP contribution in [-0.4, -0.2) is 22.1 Å². The standard InChI is InChI=1S/C10H13BrF6N4/c1-2-3-21-7(5(11)4-19-21)6(20-18)8(9(12,13)14)10(15,16)17/h4,6,8,20H,2-3,18H2,1H3. The SMILES string of the molecule is CCCn1ncc(Br)c1C(NN)C(C(F)(F)F)C(F)(F)F. The highest BCUT2D eigenvalue weighted by Gasteiger charge is 2.61. The highest BCUT2D eigenvalue weighted by molar-refractivity contribution is 9.10. The molecule has 0 bridgehead atoms. The zero-order valence-corrected chi connectivity index (χ0v) is 12.3. The van der Waals surface area contributed by atoms with Gasteiger partial charge in [-0.15, -0.1) is 0 Å². The second-order valence-corrected chi connectivity index (χ2v) is 5.16. The Morgan fingerprint density at radius 3 is 2.19 bits per heavy atom. The van der Waals surface area contributed by atoms with Crippen molar-refractivity contribution in [1.82, 2.24) is 15.2 Å². The van der Waals surface area contributed by atoms with Gasteiger partial charge in [0.1, 0.15) is 0 Å². The summed E-state index contributed by atoms with van der Waals surface area (Å²) in [6.07, 6.45) is -9.38. The fraction of sp³-hybridized carbons (Fsp3) is 0.700. The lowest BCUT2D eigenvalue weighted by molar-refractivity contribution is -0.293. The average Bonchev–Trinajstić information content (AvgIpc) is 2.65. The summed E-state index contributed by atoms with van der Waals surface area (Å²) in [7, 11) is 0. The zero-order chi connectivity index (χ0) is 16.4. The quantitative estimate of drug-likeness (QED) is 0.466. The number of nitrogens with two attached hydrogens (primary N) is 1. The zero-order valence-electron chi connectivity index (χ0n) is 10.8. The summed E-state index contributed by atoms with van der Waals surface area (Å²) in [4.78, 5) is 0. The lowest BCUT2D eigenvalue weighted by Crippen LogP contribution is -2.48. The molecule has 1 heterocycles. The van der Waals surface area contributed by atoms with Crippen molar-refractivity contribution in [3.63, 3.8) is 0 Å². The van der Waals surface area contributed by atoms with Gasteiger partial charge >= 0.3 is 12.4 Å². The minimum Gasteiger partial charge on any atom is -0.271 e. The maximum Gasteiger partial charge on any atom is 0.402 e. The minimum atomic E-state index is -5.50. The third-order valence-electron chi connectivity index (χ3n) is 2.78. The molecule has 1 atom stereocenters. The van der Waals surface area contributed by atoms with Crippen molar-refractivity contribution in [3.8, 4) is 0 Å². The largest absolute Gasteiger partial charge is 0.402 e. The fourth-order valence-electron chi connectivity index (χ4n) is 1.97. The first kappa shape index (κ1) is 18.2. The summed E-state index contributed by atoms with van der Waals surface area (Å²) in [5.41, 5.74) is 1.33. The molecule has 0 saturated heterocycles. The molecule has 1 unspecified atom stereocenters. The lowest BCUT2D eigenvalue weighted by Gasteiger charge is -2.30. The van der Waals surface area contributed by atoms with Crippen LogP contribution in [0.2, 0.25) is 0 Å². The van der Waals surface area contributed by atoms with Crippen LogP contribution >= 0.6 is 15.9 Å². The molecule has 0 amide bonds. The number of hydrazine groups is 1. The Labute approximate surface area is 124 Å². The maximum atomic E-state index is 12.8. The van der Waals surface area contributed by atoms with Crippen molar-refractivity contribution in [3.05, 3.63) is 16.4 Å².